The number of anilines is 1. The maximum absolute atomic E-state index is 8.87. The van der Waals surface area contributed by atoms with Crippen LogP contribution in [0.3, 0.4) is 0 Å². The molecular weight excluding hydrogens is 208 g/mol. The van der Waals surface area contributed by atoms with E-state index in [0.29, 0.717) is 5.69 Å². The lowest BCUT2D eigenvalue weighted by molar-refractivity contribution is 0.405. The third-order valence-corrected chi connectivity index (χ3v) is 3.29. The Morgan fingerprint density at radius 3 is 2.87 bits per heavy atom. The molecule has 0 saturated carbocycles. The molecule has 15 heavy (non-hydrogen) atoms. The lowest BCUT2D eigenvalue weighted by Crippen LogP contribution is -1.97. The average molecular weight is 222 g/mol. The number of rotatable bonds is 4. The Morgan fingerprint density at radius 1 is 1.60 bits per heavy atom. The Morgan fingerprint density at radius 2 is 2.33 bits per heavy atom. The first kappa shape index (κ1) is 11.7. The van der Waals surface area contributed by atoms with Gasteiger partial charge >= 0.3 is 0 Å². The van der Waals surface area contributed by atoms with E-state index in [1.807, 2.05) is 19.1 Å². The van der Waals surface area contributed by atoms with Gasteiger partial charge in [0.15, 0.2) is 0 Å². The quantitative estimate of drug-likeness (QED) is 0.628. The molecule has 1 aromatic rings. The zero-order valence-corrected chi connectivity index (χ0v) is 9.67. The molecule has 0 bridgehead atoms. The molecule has 0 spiro atoms. The van der Waals surface area contributed by atoms with Crippen molar-refractivity contribution in [2.45, 2.75) is 23.5 Å². The number of methoxy groups -OCH3 is 1. The van der Waals surface area contributed by atoms with Gasteiger partial charge in [0.1, 0.15) is 5.75 Å². The van der Waals surface area contributed by atoms with E-state index in [-0.39, 0.29) is 5.25 Å². The molecule has 1 atom stereocenters. The SMILES string of the molecule is CCC(C#N)Sc1ccc(N)cc1OC. The molecule has 1 rings (SSSR count). The molecule has 2 N–H and O–H groups in total. The van der Waals surface area contributed by atoms with Crippen molar-refractivity contribution < 1.29 is 4.74 Å². The summed E-state index contributed by atoms with van der Waals surface area (Å²) in [5.74, 6) is 0.730. The van der Waals surface area contributed by atoms with E-state index in [9.17, 15) is 0 Å². The molecule has 4 heteroatoms. The van der Waals surface area contributed by atoms with Crippen LogP contribution in [0.15, 0.2) is 23.1 Å². The standard InChI is InChI=1S/C11H14N2OS/c1-3-9(7-12)15-11-5-4-8(13)6-10(11)14-2/h4-6,9H,3,13H2,1-2H3. The van der Waals surface area contributed by atoms with Gasteiger partial charge in [-0.15, -0.1) is 11.8 Å². The van der Waals surface area contributed by atoms with E-state index in [2.05, 4.69) is 6.07 Å². The first-order valence-electron chi connectivity index (χ1n) is 4.71. The van der Waals surface area contributed by atoms with Crippen LogP contribution in [0.5, 0.6) is 5.75 Å². The molecule has 3 nitrogen and oxygen atoms in total. The number of benzene rings is 1. The smallest absolute Gasteiger partial charge is 0.134 e. The van der Waals surface area contributed by atoms with Gasteiger partial charge in [0.25, 0.3) is 0 Å². The fraction of sp³-hybridized carbons (Fsp3) is 0.364. The molecule has 80 valence electrons. The number of nitrogens with zero attached hydrogens (tertiary/aromatic N) is 1. The second kappa shape index (κ2) is 5.52. The highest BCUT2D eigenvalue weighted by Crippen LogP contribution is 2.34. The summed E-state index contributed by atoms with van der Waals surface area (Å²) >= 11 is 1.51. The van der Waals surface area contributed by atoms with Crippen LogP contribution in [-0.4, -0.2) is 12.4 Å². The van der Waals surface area contributed by atoms with Gasteiger partial charge in [0.2, 0.25) is 0 Å². The van der Waals surface area contributed by atoms with E-state index in [1.165, 1.54) is 11.8 Å². The number of nitriles is 1. The summed E-state index contributed by atoms with van der Waals surface area (Å²) in [4.78, 5) is 0.958. The maximum Gasteiger partial charge on any atom is 0.134 e. The minimum absolute atomic E-state index is 0.0393. The molecule has 0 aliphatic carbocycles. The molecule has 0 aliphatic heterocycles. The molecular formula is C11H14N2OS. The van der Waals surface area contributed by atoms with Gasteiger partial charge in [-0.25, -0.2) is 0 Å². The fourth-order valence-electron chi connectivity index (χ4n) is 1.14. The lowest BCUT2D eigenvalue weighted by atomic mass is 10.3. The topological polar surface area (TPSA) is 59.0 Å². The van der Waals surface area contributed by atoms with E-state index in [0.717, 1.165) is 17.1 Å². The number of hydrogen-bond donors (Lipinski definition) is 1. The third kappa shape index (κ3) is 3.07. The molecule has 0 heterocycles. The zero-order chi connectivity index (χ0) is 11.3. The van der Waals surface area contributed by atoms with Crippen molar-refractivity contribution in [2.75, 3.05) is 12.8 Å². The number of nitrogens with two attached hydrogens (primary N) is 1. The van der Waals surface area contributed by atoms with Crippen LogP contribution in [0.4, 0.5) is 5.69 Å². The van der Waals surface area contributed by atoms with Crippen LogP contribution < -0.4 is 10.5 Å². The monoisotopic (exact) mass is 222 g/mol. The van der Waals surface area contributed by atoms with Gasteiger partial charge in [-0.3, -0.25) is 0 Å². The van der Waals surface area contributed by atoms with E-state index < -0.39 is 0 Å². The Labute approximate surface area is 94.2 Å². The number of thioether (sulfide) groups is 1. The summed E-state index contributed by atoms with van der Waals surface area (Å²) in [5, 5.41) is 8.83. The van der Waals surface area contributed by atoms with Gasteiger partial charge in [-0.2, -0.15) is 5.26 Å². The van der Waals surface area contributed by atoms with Crippen LogP contribution in [0.25, 0.3) is 0 Å². The van der Waals surface area contributed by atoms with Crippen LogP contribution in [0, 0.1) is 11.3 Å². The predicted octanol–water partition coefficient (Wildman–Crippen LogP) is 2.67. The maximum atomic E-state index is 8.87. The van der Waals surface area contributed by atoms with Crippen molar-refractivity contribution in [3.63, 3.8) is 0 Å². The van der Waals surface area contributed by atoms with Crippen molar-refractivity contribution in [1.29, 1.82) is 5.26 Å². The van der Waals surface area contributed by atoms with Crippen LogP contribution >= 0.6 is 11.8 Å². The summed E-state index contributed by atoms with van der Waals surface area (Å²) in [7, 11) is 1.60. The number of hydrogen-bond acceptors (Lipinski definition) is 4. The minimum Gasteiger partial charge on any atom is -0.496 e. The van der Waals surface area contributed by atoms with Crippen molar-refractivity contribution >= 4 is 17.4 Å². The zero-order valence-electron chi connectivity index (χ0n) is 8.86. The Kier molecular flexibility index (Phi) is 4.32. The van der Waals surface area contributed by atoms with Crippen molar-refractivity contribution in [3.05, 3.63) is 18.2 Å². The van der Waals surface area contributed by atoms with Gasteiger partial charge in [-0.1, -0.05) is 6.92 Å². The fourth-order valence-corrected chi connectivity index (χ4v) is 2.07. The number of nitrogen functional groups attached to an aromatic ring is 1. The largest absolute Gasteiger partial charge is 0.496 e. The Bertz CT molecular complexity index is 373. The van der Waals surface area contributed by atoms with Crippen LogP contribution in [-0.2, 0) is 0 Å². The first-order chi connectivity index (χ1) is 7.21. The molecule has 0 saturated heterocycles. The molecule has 0 aliphatic rings. The van der Waals surface area contributed by atoms with E-state index in [4.69, 9.17) is 15.7 Å². The highest BCUT2D eigenvalue weighted by molar-refractivity contribution is 8.00. The summed E-state index contributed by atoms with van der Waals surface area (Å²) in [5.41, 5.74) is 6.31. The molecule has 0 aromatic heterocycles. The van der Waals surface area contributed by atoms with Crippen LogP contribution in [0.1, 0.15) is 13.3 Å². The van der Waals surface area contributed by atoms with Crippen molar-refractivity contribution in [3.8, 4) is 11.8 Å². The second-order valence-corrected chi connectivity index (χ2v) is 4.30. The lowest BCUT2D eigenvalue weighted by Gasteiger charge is -2.10. The second-order valence-electron chi connectivity index (χ2n) is 3.05. The Balaban J connectivity index is 2.89. The molecule has 0 amide bonds. The first-order valence-corrected chi connectivity index (χ1v) is 5.59. The minimum atomic E-state index is -0.0393. The normalized spacial score (nSPS) is 11.8. The summed E-state index contributed by atoms with van der Waals surface area (Å²) in [6.45, 7) is 1.99. The molecule has 0 fully saturated rings. The third-order valence-electron chi connectivity index (χ3n) is 1.97. The summed E-state index contributed by atoms with van der Waals surface area (Å²) < 4.78 is 5.21. The molecule has 1 aromatic carbocycles. The van der Waals surface area contributed by atoms with E-state index in [1.54, 1.807) is 13.2 Å². The van der Waals surface area contributed by atoms with Crippen molar-refractivity contribution in [2.24, 2.45) is 0 Å². The predicted molar refractivity (Wildman–Crippen MR) is 63.0 cm³/mol. The van der Waals surface area contributed by atoms with Gasteiger partial charge in [-0.05, 0) is 18.6 Å². The highest BCUT2D eigenvalue weighted by atomic mass is 32.2. The van der Waals surface area contributed by atoms with Gasteiger partial charge < -0.3 is 10.5 Å². The van der Waals surface area contributed by atoms with Crippen molar-refractivity contribution in [1.82, 2.24) is 0 Å². The average Bonchev–Trinajstić information content (AvgIpc) is 2.27. The van der Waals surface area contributed by atoms with Gasteiger partial charge in [0.05, 0.1) is 23.3 Å². The summed E-state index contributed by atoms with van der Waals surface area (Å²) in [6.07, 6.45) is 0.814. The highest BCUT2D eigenvalue weighted by Gasteiger charge is 2.10. The van der Waals surface area contributed by atoms with Gasteiger partial charge in [0, 0.05) is 11.8 Å². The molecule has 1 unspecified atom stereocenters. The molecule has 0 radical (unpaired) electrons. The summed E-state index contributed by atoms with van der Waals surface area (Å²) in [6, 6.07) is 7.71. The van der Waals surface area contributed by atoms with E-state index >= 15 is 0 Å². The Hall–Kier alpha value is -1.34. The van der Waals surface area contributed by atoms with Crippen LogP contribution in [0.2, 0.25) is 0 Å². The number of ether oxygens (including phenoxy) is 1.